The molecule has 17 heavy (non-hydrogen) atoms. The lowest BCUT2D eigenvalue weighted by atomic mass is 10.1. The van der Waals surface area contributed by atoms with Gasteiger partial charge in [-0.2, -0.15) is 0 Å². The van der Waals surface area contributed by atoms with Gasteiger partial charge in [-0.15, -0.1) is 0 Å². The molecular weight excluding hydrogens is 212 g/mol. The minimum absolute atomic E-state index is 0.531. The molecule has 2 nitrogen and oxygen atoms in total. The molecule has 0 spiro atoms. The van der Waals surface area contributed by atoms with E-state index >= 15 is 0 Å². The van der Waals surface area contributed by atoms with Crippen molar-refractivity contribution in [2.45, 2.75) is 71.1 Å². The summed E-state index contributed by atoms with van der Waals surface area (Å²) in [5.41, 5.74) is 0. The van der Waals surface area contributed by atoms with Crippen LogP contribution >= 0.6 is 0 Å². The molecule has 0 aromatic rings. The number of carbonyl (C=O) groups is 1. The number of unbranched alkanes of at least 4 members (excludes halogenated alkanes) is 8. The first kappa shape index (κ1) is 16.2. The van der Waals surface area contributed by atoms with Crippen molar-refractivity contribution in [2.24, 2.45) is 0 Å². The predicted octanol–water partition coefficient (Wildman–Crippen LogP) is 4.64. The van der Waals surface area contributed by atoms with Crippen LogP contribution in [0.15, 0.2) is 12.2 Å². The predicted molar refractivity (Wildman–Crippen MR) is 73.0 cm³/mol. The molecule has 0 aromatic heterocycles. The van der Waals surface area contributed by atoms with E-state index in [1.165, 1.54) is 57.8 Å². The van der Waals surface area contributed by atoms with Gasteiger partial charge in [-0.1, -0.05) is 51.2 Å². The largest absolute Gasteiger partial charge is 0.468 e. The Hall–Kier alpha value is -0.790. The minimum atomic E-state index is 0.531. The molecule has 0 aromatic carbocycles. The van der Waals surface area contributed by atoms with Crippen LogP contribution in [0.1, 0.15) is 71.1 Å². The Morgan fingerprint density at radius 1 is 0.824 bits per heavy atom. The third-order valence-electron chi connectivity index (χ3n) is 2.84. The van der Waals surface area contributed by atoms with Gasteiger partial charge in [0, 0.05) is 0 Å². The maximum Gasteiger partial charge on any atom is 0.293 e. The Morgan fingerprint density at radius 3 is 2.06 bits per heavy atom. The van der Waals surface area contributed by atoms with Crippen LogP contribution in [0, 0.1) is 0 Å². The van der Waals surface area contributed by atoms with E-state index in [1.54, 1.807) is 0 Å². The maximum absolute atomic E-state index is 9.88. The average molecular weight is 240 g/mol. The van der Waals surface area contributed by atoms with Crippen LogP contribution in [-0.4, -0.2) is 13.1 Å². The van der Waals surface area contributed by atoms with Crippen molar-refractivity contribution < 1.29 is 9.53 Å². The molecule has 0 rings (SSSR count). The maximum atomic E-state index is 9.88. The fourth-order valence-corrected chi connectivity index (χ4v) is 1.77. The SMILES string of the molecule is CCCCCC=CCCCCCCCOC=O. The lowest BCUT2D eigenvalue weighted by Crippen LogP contribution is -1.91. The highest BCUT2D eigenvalue weighted by atomic mass is 16.5. The number of hydrogen-bond acceptors (Lipinski definition) is 2. The van der Waals surface area contributed by atoms with Gasteiger partial charge in [-0.25, -0.2) is 0 Å². The van der Waals surface area contributed by atoms with Crippen LogP contribution < -0.4 is 0 Å². The summed E-state index contributed by atoms with van der Waals surface area (Å²) < 4.78 is 4.63. The first-order valence-corrected chi connectivity index (χ1v) is 7.12. The van der Waals surface area contributed by atoms with E-state index in [0.717, 1.165) is 6.42 Å². The second-order valence-electron chi connectivity index (χ2n) is 4.49. The van der Waals surface area contributed by atoms with Crippen LogP contribution in [0.4, 0.5) is 0 Å². The molecule has 0 aliphatic rings. The zero-order valence-corrected chi connectivity index (χ0v) is 11.3. The van der Waals surface area contributed by atoms with E-state index in [0.29, 0.717) is 13.1 Å². The standard InChI is InChI=1S/C15H28O2/c1-2-3-4-5-6-7-8-9-10-11-12-13-14-17-15-16/h6-7,15H,2-5,8-14H2,1H3. The molecule has 0 N–H and O–H groups in total. The fraction of sp³-hybridized carbons (Fsp3) is 0.800. The molecule has 2 heteroatoms. The second-order valence-corrected chi connectivity index (χ2v) is 4.49. The van der Waals surface area contributed by atoms with Gasteiger partial charge in [0.2, 0.25) is 0 Å². The van der Waals surface area contributed by atoms with E-state index in [1.807, 2.05) is 0 Å². The fourth-order valence-electron chi connectivity index (χ4n) is 1.77. The van der Waals surface area contributed by atoms with Crippen LogP contribution in [0.25, 0.3) is 0 Å². The Morgan fingerprint density at radius 2 is 1.41 bits per heavy atom. The van der Waals surface area contributed by atoms with Crippen molar-refractivity contribution in [1.29, 1.82) is 0 Å². The Kier molecular flexibility index (Phi) is 14.5. The van der Waals surface area contributed by atoms with Crippen LogP contribution in [0.3, 0.4) is 0 Å². The third-order valence-corrected chi connectivity index (χ3v) is 2.84. The van der Waals surface area contributed by atoms with Gasteiger partial charge in [0.15, 0.2) is 0 Å². The minimum Gasteiger partial charge on any atom is -0.468 e. The lowest BCUT2D eigenvalue weighted by Gasteiger charge is -1.99. The number of ether oxygens (including phenoxy) is 1. The van der Waals surface area contributed by atoms with Crippen LogP contribution in [0.2, 0.25) is 0 Å². The number of hydrogen-bond donors (Lipinski definition) is 0. The molecule has 0 amide bonds. The van der Waals surface area contributed by atoms with Crippen molar-refractivity contribution in [2.75, 3.05) is 6.61 Å². The molecule has 0 fully saturated rings. The molecule has 0 bridgehead atoms. The molecule has 100 valence electrons. The smallest absolute Gasteiger partial charge is 0.293 e. The van der Waals surface area contributed by atoms with E-state index in [-0.39, 0.29) is 0 Å². The summed E-state index contributed by atoms with van der Waals surface area (Å²) in [6, 6.07) is 0. The van der Waals surface area contributed by atoms with E-state index in [9.17, 15) is 4.79 Å². The quantitative estimate of drug-likeness (QED) is 0.266. The molecule has 0 saturated heterocycles. The highest BCUT2D eigenvalue weighted by Gasteiger charge is 1.90. The third kappa shape index (κ3) is 15.2. The molecule has 0 radical (unpaired) electrons. The summed E-state index contributed by atoms with van der Waals surface area (Å²) in [4.78, 5) is 9.88. The van der Waals surface area contributed by atoms with E-state index in [4.69, 9.17) is 0 Å². The monoisotopic (exact) mass is 240 g/mol. The van der Waals surface area contributed by atoms with Gasteiger partial charge in [0.25, 0.3) is 6.47 Å². The summed E-state index contributed by atoms with van der Waals surface area (Å²) in [5, 5.41) is 0. The molecule has 0 aliphatic carbocycles. The summed E-state index contributed by atoms with van der Waals surface area (Å²) in [7, 11) is 0. The zero-order valence-electron chi connectivity index (χ0n) is 11.3. The van der Waals surface area contributed by atoms with Crippen molar-refractivity contribution in [3.63, 3.8) is 0 Å². The normalized spacial score (nSPS) is 10.9. The van der Waals surface area contributed by atoms with Gasteiger partial charge < -0.3 is 4.74 Å². The average Bonchev–Trinajstić information content (AvgIpc) is 2.35. The van der Waals surface area contributed by atoms with Crippen molar-refractivity contribution in [1.82, 2.24) is 0 Å². The Balaban J connectivity index is 2.99. The summed E-state index contributed by atoms with van der Waals surface area (Å²) in [6.07, 6.45) is 17.1. The number of rotatable bonds is 13. The van der Waals surface area contributed by atoms with Crippen molar-refractivity contribution >= 4 is 6.47 Å². The van der Waals surface area contributed by atoms with Gasteiger partial charge >= 0.3 is 0 Å². The van der Waals surface area contributed by atoms with Gasteiger partial charge in [0.1, 0.15) is 0 Å². The van der Waals surface area contributed by atoms with Gasteiger partial charge in [0.05, 0.1) is 6.61 Å². The summed E-state index contributed by atoms with van der Waals surface area (Å²) in [5.74, 6) is 0. The van der Waals surface area contributed by atoms with E-state index in [2.05, 4.69) is 23.8 Å². The number of carbonyl (C=O) groups excluding carboxylic acids is 1. The van der Waals surface area contributed by atoms with E-state index < -0.39 is 0 Å². The van der Waals surface area contributed by atoms with Crippen molar-refractivity contribution in [3.8, 4) is 0 Å². The van der Waals surface area contributed by atoms with Crippen LogP contribution in [0.5, 0.6) is 0 Å². The zero-order chi connectivity index (χ0) is 12.6. The topological polar surface area (TPSA) is 26.3 Å². The summed E-state index contributed by atoms with van der Waals surface area (Å²) >= 11 is 0. The Labute approximate surface area is 106 Å². The summed E-state index contributed by atoms with van der Waals surface area (Å²) in [6.45, 7) is 3.36. The highest BCUT2D eigenvalue weighted by molar-refractivity contribution is 5.36. The van der Waals surface area contributed by atoms with Gasteiger partial charge in [-0.3, -0.25) is 4.79 Å². The van der Waals surface area contributed by atoms with Crippen molar-refractivity contribution in [3.05, 3.63) is 12.2 Å². The molecular formula is C15H28O2. The molecule has 0 aliphatic heterocycles. The molecule has 0 saturated carbocycles. The molecule has 0 atom stereocenters. The van der Waals surface area contributed by atoms with Gasteiger partial charge in [-0.05, 0) is 32.1 Å². The number of allylic oxidation sites excluding steroid dienone is 2. The lowest BCUT2D eigenvalue weighted by molar-refractivity contribution is -0.128. The van der Waals surface area contributed by atoms with Crippen LogP contribution in [-0.2, 0) is 9.53 Å². The Bertz CT molecular complexity index is 176. The second kappa shape index (κ2) is 15.2. The molecule has 0 unspecified atom stereocenters. The highest BCUT2D eigenvalue weighted by Crippen LogP contribution is 2.07. The first-order chi connectivity index (χ1) is 8.41. The first-order valence-electron chi connectivity index (χ1n) is 7.12. The molecule has 0 heterocycles.